The average molecular weight is 455 g/mol. The molecular formula is C11H16N5O9P3. The normalized spacial score (nSPS) is 38.1. The first-order chi connectivity index (χ1) is 13.0. The van der Waals surface area contributed by atoms with Crippen molar-refractivity contribution in [1.29, 1.82) is 0 Å². The van der Waals surface area contributed by atoms with Crippen LogP contribution in [0.5, 0.6) is 0 Å². The molecule has 0 aromatic carbocycles. The molecule has 17 heteroatoms. The molecule has 5 atom stereocenters. The van der Waals surface area contributed by atoms with Gasteiger partial charge >= 0.3 is 20.9 Å². The first-order valence-corrected chi connectivity index (χ1v) is 12.7. The summed E-state index contributed by atoms with van der Waals surface area (Å²) < 4.78 is 40.2. The second-order valence-electron chi connectivity index (χ2n) is 6.21. The van der Waals surface area contributed by atoms with Crippen LogP contribution in [-0.2, 0) is 22.5 Å². The van der Waals surface area contributed by atoms with E-state index in [9.17, 15) is 28.5 Å². The van der Waals surface area contributed by atoms with Crippen LogP contribution in [-0.4, -0.2) is 43.5 Å². The Bertz CT molecular complexity index is 1010. The van der Waals surface area contributed by atoms with Crippen LogP contribution in [0.2, 0.25) is 0 Å². The molecule has 14 nitrogen and oxygen atoms in total. The molecule has 0 radical (unpaired) electrons. The molecule has 0 aliphatic carbocycles. The quantitative estimate of drug-likeness (QED) is 0.260. The zero-order valence-corrected chi connectivity index (χ0v) is 17.0. The fourth-order valence-electron chi connectivity index (χ4n) is 2.83. The van der Waals surface area contributed by atoms with E-state index in [1.54, 1.807) is 0 Å². The Morgan fingerprint density at radius 3 is 2.64 bits per heavy atom. The highest BCUT2D eigenvalue weighted by Crippen LogP contribution is 2.75. The number of aromatic nitrogens is 2. The molecule has 1 aromatic heterocycles. The monoisotopic (exact) mass is 455 g/mol. The number of nitrogens with one attached hydrogen (secondary N) is 1. The molecule has 2 saturated heterocycles. The molecule has 3 heterocycles. The number of hydrogen-bond donors (Lipinski definition) is 3. The Balaban J connectivity index is 1.83. The predicted molar refractivity (Wildman–Crippen MR) is 96.0 cm³/mol. The maximum absolute atomic E-state index is 12.0. The lowest BCUT2D eigenvalue weighted by atomic mass is 10.1. The van der Waals surface area contributed by atoms with Gasteiger partial charge in [0.1, 0.15) is 6.23 Å². The highest BCUT2D eigenvalue weighted by atomic mass is 31.3. The van der Waals surface area contributed by atoms with E-state index in [4.69, 9.17) is 18.9 Å². The van der Waals surface area contributed by atoms with E-state index in [1.165, 1.54) is 13.1 Å². The maximum atomic E-state index is 12.0. The van der Waals surface area contributed by atoms with E-state index in [0.29, 0.717) is 0 Å². The summed E-state index contributed by atoms with van der Waals surface area (Å²) in [6.45, 7) is 1.50. The maximum Gasteiger partial charge on any atom is 0.345 e. The molecule has 2 unspecified atom stereocenters. The Morgan fingerprint density at radius 2 is 2.04 bits per heavy atom. The second-order valence-corrected chi connectivity index (χ2v) is 12.2. The summed E-state index contributed by atoms with van der Waals surface area (Å²) in [5.74, 6) is -1.02. The Morgan fingerprint density at radius 1 is 1.39 bits per heavy atom. The Hall–Kier alpha value is -1.32. The number of nitrogens with zero attached hydrogens (tertiary/aromatic N) is 4. The van der Waals surface area contributed by atoms with Crippen molar-refractivity contribution < 1.29 is 32.3 Å². The van der Waals surface area contributed by atoms with Gasteiger partial charge in [0.15, 0.2) is 14.3 Å². The number of H-pyrrole nitrogens is 1. The molecule has 1 aromatic rings. The van der Waals surface area contributed by atoms with E-state index in [-0.39, 0.29) is 18.1 Å². The topological polar surface area (TPSA) is 206 Å². The SMILES string of the molecule is Cc1cn([C@H]2C[C@H](N=[N+]=[N-])[C@@H](CP3OP(=O)(O)CP(=O)(O)O3)O2)c(=O)[nH]c1=O. The van der Waals surface area contributed by atoms with Crippen LogP contribution in [0.25, 0.3) is 10.4 Å². The third kappa shape index (κ3) is 4.80. The molecule has 2 aliphatic rings. The van der Waals surface area contributed by atoms with E-state index in [2.05, 4.69) is 15.0 Å². The zero-order chi connectivity index (χ0) is 20.7. The summed E-state index contributed by atoms with van der Waals surface area (Å²) in [5, 5.41) is 3.59. The van der Waals surface area contributed by atoms with E-state index < -0.39 is 59.1 Å². The van der Waals surface area contributed by atoms with E-state index in [0.717, 1.165) is 4.57 Å². The van der Waals surface area contributed by atoms with Gasteiger partial charge in [0.25, 0.3) is 5.56 Å². The van der Waals surface area contributed by atoms with Crippen LogP contribution in [0.15, 0.2) is 20.9 Å². The minimum atomic E-state index is -4.31. The average Bonchev–Trinajstić information content (AvgIpc) is 2.90. The summed E-state index contributed by atoms with van der Waals surface area (Å²) >= 11 is 0. The highest BCUT2D eigenvalue weighted by Gasteiger charge is 2.47. The van der Waals surface area contributed by atoms with Crippen LogP contribution in [0.3, 0.4) is 0 Å². The van der Waals surface area contributed by atoms with Gasteiger partial charge < -0.3 is 14.5 Å². The van der Waals surface area contributed by atoms with Gasteiger partial charge in [-0.15, -0.1) is 0 Å². The fourth-order valence-corrected chi connectivity index (χ4v) is 9.80. The molecule has 0 saturated carbocycles. The van der Waals surface area contributed by atoms with Gasteiger partial charge in [-0.3, -0.25) is 32.1 Å². The lowest BCUT2D eigenvalue weighted by Crippen LogP contribution is -2.33. The summed E-state index contributed by atoms with van der Waals surface area (Å²) in [5.41, 5.74) is 7.76. The van der Waals surface area contributed by atoms with Crippen LogP contribution in [0.4, 0.5) is 0 Å². The van der Waals surface area contributed by atoms with E-state index >= 15 is 0 Å². The van der Waals surface area contributed by atoms with Crippen LogP contribution in [0.1, 0.15) is 18.2 Å². The van der Waals surface area contributed by atoms with Crippen molar-refractivity contribution >= 4 is 23.6 Å². The van der Waals surface area contributed by atoms with Crippen molar-refractivity contribution in [3.63, 3.8) is 0 Å². The second kappa shape index (κ2) is 7.84. The van der Waals surface area contributed by atoms with Crippen molar-refractivity contribution in [3.8, 4) is 0 Å². The lowest BCUT2D eigenvalue weighted by Gasteiger charge is -2.30. The number of ether oxygens (including phenoxy) is 1. The van der Waals surface area contributed by atoms with Gasteiger partial charge in [-0.05, 0) is 12.5 Å². The molecule has 3 rings (SSSR count). The third-order valence-electron chi connectivity index (χ3n) is 3.98. The molecule has 0 bridgehead atoms. The molecule has 0 spiro atoms. The van der Waals surface area contributed by atoms with Gasteiger partial charge in [-0.25, -0.2) is 4.79 Å². The standard InChI is InChI=1S/C11H16N5O9P3/c1-6-3-16(11(18)13-10(6)17)9-2-7(14-15-12)8(23-9)4-26-24-27(19,20)5-28(21,22)25-26/h3,7-9H,2,4-5H2,1H3,(H,19,20)(H,21,22)(H,13,17,18)/t7-,8+,9+/m0/s1. The molecule has 154 valence electrons. The Kier molecular flexibility index (Phi) is 5.99. The van der Waals surface area contributed by atoms with Crippen LogP contribution in [0, 0.1) is 6.92 Å². The molecule has 0 amide bonds. The number of hydrogen-bond acceptors (Lipinski definition) is 8. The zero-order valence-electron chi connectivity index (χ0n) is 14.3. The van der Waals surface area contributed by atoms with Gasteiger partial charge in [0.05, 0.1) is 12.1 Å². The summed E-state index contributed by atoms with van der Waals surface area (Å²) in [6.07, 6.45) is -0.683. The largest absolute Gasteiger partial charge is 0.354 e. The number of aryl methyl sites for hydroxylation is 1. The minimum Gasteiger partial charge on any atom is -0.354 e. The fraction of sp³-hybridized carbons (Fsp3) is 0.636. The number of aromatic amines is 1. The van der Waals surface area contributed by atoms with Gasteiger partial charge in [0.2, 0.25) is 0 Å². The smallest absolute Gasteiger partial charge is 0.345 e. The lowest BCUT2D eigenvalue weighted by molar-refractivity contribution is 0.00669. The Labute approximate surface area is 158 Å². The minimum absolute atomic E-state index is 0.0663. The summed E-state index contributed by atoms with van der Waals surface area (Å²) in [7, 11) is -10.9. The predicted octanol–water partition coefficient (Wildman–Crippen LogP) is 1.50. The van der Waals surface area contributed by atoms with Crippen LogP contribution < -0.4 is 11.2 Å². The molecule has 2 fully saturated rings. The summed E-state index contributed by atoms with van der Waals surface area (Å²) in [4.78, 5) is 47.6. The molecule has 2 aliphatic heterocycles. The molecule has 28 heavy (non-hydrogen) atoms. The third-order valence-corrected chi connectivity index (χ3v) is 11.0. The first kappa shape index (κ1) is 21.4. The summed E-state index contributed by atoms with van der Waals surface area (Å²) in [6, 6.07) is -0.804. The van der Waals surface area contributed by atoms with Gasteiger partial charge in [0, 0.05) is 29.3 Å². The van der Waals surface area contributed by atoms with Crippen molar-refractivity contribution in [2.24, 2.45) is 5.11 Å². The molecule has 3 N–H and O–H groups in total. The highest BCUT2D eigenvalue weighted by molar-refractivity contribution is 7.80. The van der Waals surface area contributed by atoms with Gasteiger partial charge in [-0.2, -0.15) is 0 Å². The number of rotatable bonds is 4. The van der Waals surface area contributed by atoms with E-state index in [1.807, 2.05) is 0 Å². The first-order valence-electron chi connectivity index (χ1n) is 7.82. The van der Waals surface area contributed by atoms with Gasteiger partial charge in [-0.1, -0.05) is 5.11 Å². The van der Waals surface area contributed by atoms with Crippen molar-refractivity contribution in [1.82, 2.24) is 9.55 Å². The molecular weight excluding hydrogens is 439 g/mol. The number of azide groups is 1. The van der Waals surface area contributed by atoms with Crippen molar-refractivity contribution in [2.75, 3.05) is 12.1 Å². The van der Waals surface area contributed by atoms with Crippen molar-refractivity contribution in [3.05, 3.63) is 43.0 Å². The van der Waals surface area contributed by atoms with Crippen LogP contribution >= 0.6 is 23.6 Å². The van der Waals surface area contributed by atoms with Crippen molar-refractivity contribution in [2.45, 2.75) is 31.7 Å².